The van der Waals surface area contributed by atoms with E-state index < -0.39 is 5.38 Å². The van der Waals surface area contributed by atoms with Gasteiger partial charge in [0.25, 0.3) is 0 Å². The van der Waals surface area contributed by atoms with Crippen LogP contribution >= 0.6 is 11.6 Å². The van der Waals surface area contributed by atoms with Gasteiger partial charge in [0, 0.05) is 12.3 Å². The van der Waals surface area contributed by atoms with E-state index in [2.05, 4.69) is 5.32 Å². The van der Waals surface area contributed by atoms with Crippen molar-refractivity contribution < 1.29 is 9.90 Å². The number of alkyl halides is 1. The van der Waals surface area contributed by atoms with E-state index in [0.29, 0.717) is 12.1 Å². The minimum Gasteiger partial charge on any atom is -0.396 e. The smallest absolute Gasteiger partial charge is 0.242 e. The number of carbonyl (C=O) groups excluding carboxylic acids is 1. The summed E-state index contributed by atoms with van der Waals surface area (Å²) in [5, 5.41) is 10.9. The summed E-state index contributed by atoms with van der Waals surface area (Å²) >= 11 is 5.61. The highest BCUT2D eigenvalue weighted by molar-refractivity contribution is 6.32. The molecular weight excluding hydrogens is 214 g/mol. The van der Waals surface area contributed by atoms with Gasteiger partial charge in [-0.1, -0.05) is 12.1 Å². The van der Waals surface area contributed by atoms with Crippen LogP contribution in [0.25, 0.3) is 0 Å². The third-order valence-corrected chi connectivity index (χ3v) is 2.18. The molecule has 0 aliphatic heterocycles. The van der Waals surface area contributed by atoms with Crippen LogP contribution in [0.2, 0.25) is 0 Å². The number of hydrogen-bond acceptors (Lipinski definition) is 2. The normalized spacial score (nSPS) is 12.2. The third kappa shape index (κ3) is 3.90. The van der Waals surface area contributed by atoms with Crippen molar-refractivity contribution in [1.29, 1.82) is 0 Å². The van der Waals surface area contributed by atoms with Crippen molar-refractivity contribution in [1.82, 2.24) is 0 Å². The highest BCUT2D eigenvalue weighted by Crippen LogP contribution is 2.11. The van der Waals surface area contributed by atoms with Crippen molar-refractivity contribution in [2.75, 3.05) is 11.9 Å². The van der Waals surface area contributed by atoms with E-state index in [1.165, 1.54) is 0 Å². The Morgan fingerprint density at radius 2 is 2.07 bits per heavy atom. The van der Waals surface area contributed by atoms with Gasteiger partial charge in [0.05, 0.1) is 0 Å². The molecule has 2 N–H and O–H groups in total. The maximum Gasteiger partial charge on any atom is 0.242 e. The van der Waals surface area contributed by atoms with Gasteiger partial charge < -0.3 is 10.4 Å². The molecule has 0 bridgehead atoms. The standard InChI is InChI=1S/C11H14ClNO2/c1-8(12)11(15)13-10-4-2-9(3-5-10)6-7-14/h2-5,8,14H,6-7H2,1H3,(H,13,15). The molecule has 4 heteroatoms. The van der Waals surface area contributed by atoms with Gasteiger partial charge in [-0.05, 0) is 31.0 Å². The topological polar surface area (TPSA) is 49.3 Å². The molecule has 82 valence electrons. The molecule has 0 saturated carbocycles. The van der Waals surface area contributed by atoms with Crippen LogP contribution in [0.1, 0.15) is 12.5 Å². The number of hydrogen-bond donors (Lipinski definition) is 2. The van der Waals surface area contributed by atoms with Crippen LogP contribution in [0.5, 0.6) is 0 Å². The summed E-state index contributed by atoms with van der Waals surface area (Å²) in [6.07, 6.45) is 0.625. The van der Waals surface area contributed by atoms with Gasteiger partial charge in [0.15, 0.2) is 0 Å². The summed E-state index contributed by atoms with van der Waals surface area (Å²) in [5.74, 6) is -0.216. The first-order chi connectivity index (χ1) is 7.13. The third-order valence-electron chi connectivity index (χ3n) is 1.98. The van der Waals surface area contributed by atoms with Crippen LogP contribution in [0.3, 0.4) is 0 Å². The van der Waals surface area contributed by atoms with Crippen molar-refractivity contribution in [2.24, 2.45) is 0 Å². The molecule has 0 aromatic heterocycles. The zero-order valence-corrected chi connectivity index (χ0v) is 9.29. The Kier molecular flexibility index (Phi) is 4.59. The van der Waals surface area contributed by atoms with E-state index in [1.807, 2.05) is 12.1 Å². The summed E-state index contributed by atoms with van der Waals surface area (Å²) in [5.41, 5.74) is 1.75. The summed E-state index contributed by atoms with van der Waals surface area (Å²) in [4.78, 5) is 11.2. The fourth-order valence-corrected chi connectivity index (χ4v) is 1.18. The minimum atomic E-state index is -0.540. The fraction of sp³-hybridized carbons (Fsp3) is 0.364. The van der Waals surface area contributed by atoms with E-state index in [9.17, 15) is 4.79 Å². The molecule has 1 amide bonds. The second-order valence-corrected chi connectivity index (χ2v) is 3.93. The number of aliphatic hydroxyl groups is 1. The Balaban J connectivity index is 2.60. The second-order valence-electron chi connectivity index (χ2n) is 3.28. The number of carbonyl (C=O) groups is 1. The molecule has 0 aliphatic rings. The summed E-state index contributed by atoms with van der Waals surface area (Å²) < 4.78 is 0. The van der Waals surface area contributed by atoms with Crippen LogP contribution in [-0.4, -0.2) is 23.0 Å². The Labute approximate surface area is 94.1 Å². The van der Waals surface area contributed by atoms with Crippen molar-refractivity contribution >= 4 is 23.2 Å². The number of aliphatic hydroxyl groups excluding tert-OH is 1. The number of nitrogens with one attached hydrogen (secondary N) is 1. The van der Waals surface area contributed by atoms with Crippen molar-refractivity contribution in [2.45, 2.75) is 18.7 Å². The molecule has 1 unspecified atom stereocenters. The lowest BCUT2D eigenvalue weighted by atomic mass is 10.1. The first-order valence-corrected chi connectivity index (χ1v) is 5.22. The predicted molar refractivity (Wildman–Crippen MR) is 61.2 cm³/mol. The lowest BCUT2D eigenvalue weighted by Crippen LogP contribution is -2.20. The maximum atomic E-state index is 11.2. The zero-order valence-electron chi connectivity index (χ0n) is 8.53. The van der Waals surface area contributed by atoms with Crippen LogP contribution < -0.4 is 5.32 Å². The maximum absolute atomic E-state index is 11.2. The van der Waals surface area contributed by atoms with E-state index in [0.717, 1.165) is 5.56 Å². The van der Waals surface area contributed by atoms with Gasteiger partial charge in [-0.2, -0.15) is 0 Å². The van der Waals surface area contributed by atoms with Crippen molar-refractivity contribution in [3.63, 3.8) is 0 Å². The molecule has 1 rings (SSSR count). The van der Waals surface area contributed by atoms with E-state index >= 15 is 0 Å². The average Bonchev–Trinajstić information content (AvgIpc) is 2.21. The lowest BCUT2D eigenvalue weighted by Gasteiger charge is -2.07. The molecule has 0 saturated heterocycles. The molecule has 0 spiro atoms. The Hall–Kier alpha value is -1.06. The lowest BCUT2D eigenvalue weighted by molar-refractivity contribution is -0.115. The van der Waals surface area contributed by atoms with E-state index in [4.69, 9.17) is 16.7 Å². The zero-order chi connectivity index (χ0) is 11.3. The number of amides is 1. The molecule has 1 aromatic carbocycles. The quantitative estimate of drug-likeness (QED) is 0.771. The van der Waals surface area contributed by atoms with Gasteiger partial charge in [-0.3, -0.25) is 4.79 Å². The minimum absolute atomic E-state index is 0.129. The van der Waals surface area contributed by atoms with Crippen LogP contribution in [0, 0.1) is 0 Å². The highest BCUT2D eigenvalue weighted by atomic mass is 35.5. The number of benzene rings is 1. The van der Waals surface area contributed by atoms with Gasteiger partial charge >= 0.3 is 0 Å². The predicted octanol–water partition coefficient (Wildman–Crippen LogP) is 1.79. The van der Waals surface area contributed by atoms with Gasteiger partial charge in [0.2, 0.25) is 5.91 Å². The molecule has 0 heterocycles. The Morgan fingerprint density at radius 3 is 2.53 bits per heavy atom. The Bertz CT molecular complexity index is 322. The van der Waals surface area contributed by atoms with Crippen molar-refractivity contribution in [3.8, 4) is 0 Å². The van der Waals surface area contributed by atoms with E-state index in [-0.39, 0.29) is 12.5 Å². The largest absolute Gasteiger partial charge is 0.396 e. The first kappa shape index (κ1) is 12.0. The number of halogens is 1. The van der Waals surface area contributed by atoms with E-state index in [1.54, 1.807) is 19.1 Å². The van der Waals surface area contributed by atoms with Crippen LogP contribution in [0.15, 0.2) is 24.3 Å². The van der Waals surface area contributed by atoms with Crippen LogP contribution in [-0.2, 0) is 11.2 Å². The Morgan fingerprint density at radius 1 is 1.47 bits per heavy atom. The summed E-state index contributed by atoms with van der Waals surface area (Å²) in [6.45, 7) is 1.75. The monoisotopic (exact) mass is 227 g/mol. The number of rotatable bonds is 4. The fourth-order valence-electron chi connectivity index (χ4n) is 1.13. The van der Waals surface area contributed by atoms with Crippen molar-refractivity contribution in [3.05, 3.63) is 29.8 Å². The summed E-state index contributed by atoms with van der Waals surface area (Å²) in [7, 11) is 0. The molecule has 0 aliphatic carbocycles. The molecular formula is C11H14ClNO2. The SMILES string of the molecule is CC(Cl)C(=O)Nc1ccc(CCO)cc1. The first-order valence-electron chi connectivity index (χ1n) is 4.78. The average molecular weight is 228 g/mol. The molecule has 1 atom stereocenters. The van der Waals surface area contributed by atoms with Crippen LogP contribution in [0.4, 0.5) is 5.69 Å². The van der Waals surface area contributed by atoms with Gasteiger partial charge in [-0.25, -0.2) is 0 Å². The molecule has 15 heavy (non-hydrogen) atoms. The molecule has 0 radical (unpaired) electrons. The second kappa shape index (κ2) is 5.73. The van der Waals surface area contributed by atoms with Gasteiger partial charge in [0.1, 0.15) is 5.38 Å². The molecule has 0 fully saturated rings. The summed E-state index contributed by atoms with van der Waals surface area (Å²) in [6, 6.07) is 7.32. The van der Waals surface area contributed by atoms with Gasteiger partial charge in [-0.15, -0.1) is 11.6 Å². The molecule has 1 aromatic rings. The highest BCUT2D eigenvalue weighted by Gasteiger charge is 2.08. The number of anilines is 1. The molecule has 3 nitrogen and oxygen atoms in total.